The van der Waals surface area contributed by atoms with E-state index in [2.05, 4.69) is 0 Å². The molecular formula is C8H4F6N2O2. The zero-order valence-corrected chi connectivity index (χ0v) is 8.26. The van der Waals surface area contributed by atoms with Gasteiger partial charge >= 0.3 is 12.4 Å². The maximum Gasteiger partial charge on any atom is 0.423 e. The number of nitrogen functional groups attached to an aromatic ring is 1. The van der Waals surface area contributed by atoms with Gasteiger partial charge in [-0.05, 0) is 6.07 Å². The maximum absolute atomic E-state index is 12.5. The Balaban J connectivity index is 3.79. The summed E-state index contributed by atoms with van der Waals surface area (Å²) in [4.78, 5) is 8.81. The Kier molecular flexibility index (Phi) is 3.15. The van der Waals surface area contributed by atoms with Crippen LogP contribution in [-0.2, 0) is 12.4 Å². The standard InChI is InChI=1S/C8H4F6N2O2/c9-7(10,11)5-3(15)1-2-4(16(17)18)6(5)8(12,13)14/h1-2H,15H2. The van der Waals surface area contributed by atoms with Crippen LogP contribution in [0.25, 0.3) is 0 Å². The number of hydrogen-bond donors (Lipinski definition) is 1. The van der Waals surface area contributed by atoms with Gasteiger partial charge in [-0.2, -0.15) is 26.3 Å². The molecule has 0 radical (unpaired) electrons. The topological polar surface area (TPSA) is 69.2 Å². The van der Waals surface area contributed by atoms with Crippen LogP contribution in [0.5, 0.6) is 0 Å². The van der Waals surface area contributed by atoms with E-state index in [1.165, 1.54) is 0 Å². The van der Waals surface area contributed by atoms with Gasteiger partial charge in [0.1, 0.15) is 5.56 Å². The van der Waals surface area contributed by atoms with Crippen LogP contribution in [0.1, 0.15) is 11.1 Å². The monoisotopic (exact) mass is 274 g/mol. The van der Waals surface area contributed by atoms with E-state index in [-0.39, 0.29) is 6.07 Å². The van der Waals surface area contributed by atoms with Crippen LogP contribution in [0.15, 0.2) is 12.1 Å². The molecule has 10 heteroatoms. The van der Waals surface area contributed by atoms with Crippen LogP contribution in [0, 0.1) is 10.1 Å². The molecule has 0 aromatic heterocycles. The van der Waals surface area contributed by atoms with Gasteiger partial charge in [-0.3, -0.25) is 10.1 Å². The molecule has 18 heavy (non-hydrogen) atoms. The number of hydrogen-bond acceptors (Lipinski definition) is 3. The highest BCUT2D eigenvalue weighted by Gasteiger charge is 2.49. The molecule has 0 saturated heterocycles. The number of rotatable bonds is 1. The summed E-state index contributed by atoms with van der Waals surface area (Å²) >= 11 is 0. The highest BCUT2D eigenvalue weighted by molar-refractivity contribution is 5.61. The zero-order valence-electron chi connectivity index (χ0n) is 8.26. The lowest BCUT2D eigenvalue weighted by Crippen LogP contribution is -2.20. The van der Waals surface area contributed by atoms with Crippen molar-refractivity contribution in [1.82, 2.24) is 0 Å². The molecule has 0 aliphatic heterocycles. The van der Waals surface area contributed by atoms with E-state index in [0.717, 1.165) is 0 Å². The molecule has 0 aliphatic carbocycles. The molecule has 1 aromatic carbocycles. The molecule has 0 heterocycles. The molecule has 0 amide bonds. The van der Waals surface area contributed by atoms with Crippen LogP contribution >= 0.6 is 0 Å². The van der Waals surface area contributed by atoms with Gasteiger partial charge in [0.25, 0.3) is 5.69 Å². The third-order valence-electron chi connectivity index (χ3n) is 1.98. The van der Waals surface area contributed by atoms with E-state index in [1.807, 2.05) is 0 Å². The van der Waals surface area contributed by atoms with Gasteiger partial charge in [0.05, 0.1) is 10.5 Å². The molecule has 0 bridgehead atoms. The summed E-state index contributed by atoms with van der Waals surface area (Å²) in [6.07, 6.45) is -11.0. The predicted molar refractivity (Wildman–Crippen MR) is 47.5 cm³/mol. The number of anilines is 1. The highest BCUT2D eigenvalue weighted by Crippen LogP contribution is 2.47. The van der Waals surface area contributed by atoms with Crippen molar-refractivity contribution in [1.29, 1.82) is 0 Å². The second-order valence-corrected chi connectivity index (χ2v) is 3.18. The van der Waals surface area contributed by atoms with Crippen molar-refractivity contribution in [3.63, 3.8) is 0 Å². The number of nitro benzene ring substituents is 1. The Labute approximate surface area is 95.1 Å². The van der Waals surface area contributed by atoms with Crippen LogP contribution < -0.4 is 5.73 Å². The minimum atomic E-state index is -5.54. The quantitative estimate of drug-likeness (QED) is 0.370. The second kappa shape index (κ2) is 4.03. The summed E-state index contributed by atoms with van der Waals surface area (Å²) in [5, 5.41) is 10.4. The average Bonchev–Trinajstić information content (AvgIpc) is 2.13. The number of nitrogens with two attached hydrogens (primary N) is 1. The number of nitrogens with zero attached hydrogens (tertiary/aromatic N) is 1. The van der Waals surface area contributed by atoms with E-state index in [4.69, 9.17) is 5.73 Å². The van der Waals surface area contributed by atoms with Gasteiger partial charge in [-0.25, -0.2) is 0 Å². The van der Waals surface area contributed by atoms with E-state index in [1.54, 1.807) is 0 Å². The Bertz CT molecular complexity index is 494. The fourth-order valence-electron chi connectivity index (χ4n) is 1.35. The minimum absolute atomic E-state index is 0.285. The Hall–Kier alpha value is -2.00. The summed E-state index contributed by atoms with van der Waals surface area (Å²) in [7, 11) is 0. The van der Waals surface area contributed by atoms with E-state index in [0.29, 0.717) is 6.07 Å². The predicted octanol–water partition coefficient (Wildman–Crippen LogP) is 3.21. The van der Waals surface area contributed by atoms with Crippen LogP contribution in [0.2, 0.25) is 0 Å². The summed E-state index contributed by atoms with van der Waals surface area (Å²) in [6.45, 7) is 0. The third-order valence-corrected chi connectivity index (χ3v) is 1.98. The molecule has 0 aliphatic rings. The lowest BCUT2D eigenvalue weighted by Gasteiger charge is -2.17. The van der Waals surface area contributed by atoms with Gasteiger partial charge in [0, 0.05) is 11.8 Å². The van der Waals surface area contributed by atoms with E-state index >= 15 is 0 Å². The molecule has 4 nitrogen and oxygen atoms in total. The lowest BCUT2D eigenvalue weighted by molar-refractivity contribution is -0.388. The molecule has 0 saturated carbocycles. The summed E-state index contributed by atoms with van der Waals surface area (Å²) in [5.74, 6) is 0. The largest absolute Gasteiger partial charge is 0.423 e. The molecule has 0 spiro atoms. The van der Waals surface area contributed by atoms with Crippen molar-refractivity contribution in [3.05, 3.63) is 33.4 Å². The van der Waals surface area contributed by atoms with Crippen LogP contribution in [0.3, 0.4) is 0 Å². The van der Waals surface area contributed by atoms with Crippen molar-refractivity contribution in [2.24, 2.45) is 0 Å². The fourth-order valence-corrected chi connectivity index (χ4v) is 1.35. The number of alkyl halides is 6. The first-order valence-corrected chi connectivity index (χ1v) is 4.17. The molecule has 0 fully saturated rings. The molecule has 2 N–H and O–H groups in total. The number of halogens is 6. The minimum Gasteiger partial charge on any atom is -0.398 e. The average molecular weight is 274 g/mol. The molecule has 1 aromatic rings. The van der Waals surface area contributed by atoms with Gasteiger partial charge in [-0.15, -0.1) is 0 Å². The van der Waals surface area contributed by atoms with E-state index < -0.39 is 39.8 Å². The van der Waals surface area contributed by atoms with Gasteiger partial charge in [0.15, 0.2) is 0 Å². The van der Waals surface area contributed by atoms with Gasteiger partial charge < -0.3 is 5.73 Å². The Morgan fingerprint density at radius 1 is 1.00 bits per heavy atom. The molecular weight excluding hydrogens is 270 g/mol. The summed E-state index contributed by atoms with van der Waals surface area (Å²) in [6, 6.07) is 0.698. The normalized spacial score (nSPS) is 12.6. The van der Waals surface area contributed by atoms with Crippen LogP contribution in [0.4, 0.5) is 37.7 Å². The van der Waals surface area contributed by atoms with E-state index in [9.17, 15) is 36.5 Å². The Morgan fingerprint density at radius 2 is 1.44 bits per heavy atom. The number of benzene rings is 1. The third kappa shape index (κ3) is 2.46. The molecule has 100 valence electrons. The van der Waals surface area contributed by atoms with Crippen molar-refractivity contribution < 1.29 is 31.3 Å². The summed E-state index contributed by atoms with van der Waals surface area (Å²) in [5.41, 5.74) is -2.72. The second-order valence-electron chi connectivity index (χ2n) is 3.18. The number of nitro groups is 1. The molecule has 1 rings (SSSR count). The Morgan fingerprint density at radius 3 is 1.78 bits per heavy atom. The molecule has 0 unspecified atom stereocenters. The maximum atomic E-state index is 12.5. The van der Waals surface area contributed by atoms with Gasteiger partial charge in [-0.1, -0.05) is 0 Å². The lowest BCUT2D eigenvalue weighted by atomic mass is 10.0. The highest BCUT2D eigenvalue weighted by atomic mass is 19.4. The SMILES string of the molecule is Nc1ccc([N+](=O)[O-])c(C(F)(F)F)c1C(F)(F)F. The van der Waals surface area contributed by atoms with Crippen molar-refractivity contribution >= 4 is 11.4 Å². The zero-order chi connectivity index (χ0) is 14.3. The smallest absolute Gasteiger partial charge is 0.398 e. The first-order chi connectivity index (χ1) is 7.96. The van der Waals surface area contributed by atoms with Crippen molar-refractivity contribution in [3.8, 4) is 0 Å². The fraction of sp³-hybridized carbons (Fsp3) is 0.250. The van der Waals surface area contributed by atoms with Crippen molar-refractivity contribution in [2.45, 2.75) is 12.4 Å². The van der Waals surface area contributed by atoms with Gasteiger partial charge in [0.2, 0.25) is 0 Å². The molecule has 0 atom stereocenters. The first kappa shape index (κ1) is 14.1. The summed E-state index contributed by atoms with van der Waals surface area (Å²) < 4.78 is 75.0. The van der Waals surface area contributed by atoms with Crippen LogP contribution in [-0.4, -0.2) is 4.92 Å². The van der Waals surface area contributed by atoms with Crippen molar-refractivity contribution in [2.75, 3.05) is 5.73 Å². The first-order valence-electron chi connectivity index (χ1n) is 4.17.